The molecule has 0 saturated carbocycles. The van der Waals surface area contributed by atoms with Crippen LogP contribution in [0.3, 0.4) is 0 Å². The van der Waals surface area contributed by atoms with Gasteiger partial charge in [0.05, 0.1) is 86.2 Å². The molecule has 6 aliphatic rings. The molecule has 55 nitrogen and oxygen atoms in total. The number of aromatic nitrogens is 10. The van der Waals surface area contributed by atoms with Crippen molar-refractivity contribution in [2.45, 2.75) is 202 Å². The number of aliphatic hydroxyl groups is 4. The topological polar surface area (TPSA) is 803 Å². The van der Waals surface area contributed by atoms with Gasteiger partial charge in [-0.05, 0) is 47.1 Å². The number of nitro benzene ring substituents is 1. The molecule has 0 spiro atoms. The van der Waals surface area contributed by atoms with Crippen molar-refractivity contribution >= 4 is 72.2 Å². The number of nitrogens with zero attached hydrogens (tertiary/aromatic N) is 6. The van der Waals surface area contributed by atoms with E-state index in [-0.39, 0.29) is 229 Å². The number of hydrogen-bond donors (Lipinski definition) is 14. The fraction of sp³-hybridized carbons (Fsp3) is 0.571. The molecule has 3 unspecified atom stereocenters. The first-order valence-electron chi connectivity index (χ1n) is 39.8. The molecule has 11 heterocycles. The molecule has 6 aliphatic heterocycles. The first-order valence-corrected chi connectivity index (χ1v) is 46.4. The molecule has 146 heavy (non-hydrogen) atoms. The zero-order chi connectivity index (χ0) is 108. The number of carbonyl (C=O) groups is 4. The Morgan fingerprint density at radius 3 is 1.13 bits per heavy atom. The predicted octanol–water partition coefficient (Wildman–Crippen LogP) is -15.0. The zero-order valence-electron chi connectivity index (χ0n) is 77.9. The smallest absolute Gasteiger partial charge is 0.790 e. The van der Waals surface area contributed by atoms with E-state index < -0.39 is 287 Å². The number of rotatable bonds is 23. The molecule has 76 heteroatoms. The van der Waals surface area contributed by atoms with Gasteiger partial charge in [0.25, 0.3) is 49.1 Å². The average Bonchev–Trinajstić information content (AvgIpc) is 1.57. The fourth-order valence-corrected chi connectivity index (χ4v) is 18.8. The molecule has 15 N–H and O–H groups in total. The molecule has 4 amide bonds. The second-order valence-electron chi connectivity index (χ2n) is 32.0. The standard InChI is InChI=1S/C20H20F3N4O10P.C14H18F3N3O4.C13H16F3N3O5.C12H14F3N3O6.C10H18N3O14P3.CH3Cl.4K/c1-10-14(9-35-38(33)34-8-11-7-12(27(31)32)3-4-13(11)37-38)36-17(26-6-5-15(28)24-18(26)30)19(10,2)25-16(29)20(21,22)23;1-4-8-7(2)13(3,19-10(22)14(15,16)17)11(24-8)20-6-5-9(21)18-12(20)23;1-6-7(5-20)24-10(19-4-3-8(21)17-11(19)23)12(6,2)18-9(22)13(14,15)16;1-11(17-8(22)12(13,14)15)7(21)5(4-19)24-9(11)18-3-2-6(20)16-10(18)23;1-10(11)7(15)5(25-8(10)13-3-2-6(14)12-9(13)16)4-24-29(20,21)27-30(22,23)26-28(17,18)19;1-2;;;;/h3-7,10,14,17H,8-9H2,1-2H3,(H,25,29)(H,24,28,30);5-8,11H,4H2,1-3H3,(H,19,22)(H,18,21,23);3-4,6-7,10,20H,5H2,1-2H3,(H,18,22)(H,17,21,23);2-3,5,7,9,19,21H,4H2,1H3,(H,17,22)(H,16,20,23);2-3,5,7-8,15H,4,11H2,1H3,(H,20,21)(H,22,23)(H,12,14,16)(H2,17,18,19);1H3;;;;/q;;;;;;4*+1/p-4/t10-,14-,17-,19-,38?;7-,8-,11-,13-;6-,7-,10-,12-;5-,7-,9-,11-;5-,7-,8-,10-;;;;;/m11111...../s1. The molecule has 5 fully saturated rings. The van der Waals surface area contributed by atoms with Crippen molar-refractivity contribution in [3.63, 3.8) is 0 Å². The Morgan fingerprint density at radius 1 is 0.493 bits per heavy atom. The van der Waals surface area contributed by atoms with E-state index in [0.29, 0.717) is 11.0 Å². The maximum atomic E-state index is 13.1. The summed E-state index contributed by atoms with van der Waals surface area (Å²) in [5, 5.41) is 57.1. The molecule has 1 aromatic carbocycles. The quantitative estimate of drug-likeness (QED) is 0.00707. The normalized spacial score (nSPS) is 28.9. The number of carbonyl (C=O) groups excluding carboxylic acids is 4. The van der Waals surface area contributed by atoms with E-state index >= 15 is 0 Å². The summed E-state index contributed by atoms with van der Waals surface area (Å²) in [5.74, 6) is -11.2. The molecular weight excluding hydrogens is 2230 g/mol. The van der Waals surface area contributed by atoms with Crippen LogP contribution >= 0.6 is 42.9 Å². The van der Waals surface area contributed by atoms with Crippen LogP contribution in [0.25, 0.3) is 0 Å². The van der Waals surface area contributed by atoms with Gasteiger partial charge in [0.15, 0.2) is 31.1 Å². The van der Waals surface area contributed by atoms with E-state index in [2.05, 4.69) is 24.7 Å². The number of non-ortho nitro benzene ring substituents is 1. The number of phosphoric acid groups is 4. The van der Waals surface area contributed by atoms with Gasteiger partial charge in [0.1, 0.15) is 35.7 Å². The second-order valence-corrected chi connectivity index (χ2v) is 37.9. The van der Waals surface area contributed by atoms with Gasteiger partial charge >= 0.3 is 290 Å². The Balaban J connectivity index is 0.000000469. The number of H-pyrrole nitrogens is 5. The van der Waals surface area contributed by atoms with Gasteiger partial charge in [-0.1, -0.05) is 27.7 Å². The van der Waals surface area contributed by atoms with Gasteiger partial charge in [-0.15, -0.1) is 11.6 Å². The van der Waals surface area contributed by atoms with Gasteiger partial charge in [-0.3, -0.25) is 124 Å². The molecule has 0 bridgehead atoms. The summed E-state index contributed by atoms with van der Waals surface area (Å²) in [5.41, 5.74) is -11.2. The number of nitro groups is 1. The van der Waals surface area contributed by atoms with Crippen LogP contribution in [0.1, 0.15) is 105 Å². The predicted molar refractivity (Wildman–Crippen MR) is 438 cm³/mol. The Hall–Kier alpha value is -4.14. The van der Waals surface area contributed by atoms with Crippen LogP contribution < -0.4 is 313 Å². The second kappa shape index (κ2) is 53.5. The van der Waals surface area contributed by atoms with Gasteiger partial charge in [-0.25, -0.2) is 32.8 Å². The van der Waals surface area contributed by atoms with E-state index in [1.807, 2.05) is 40.9 Å². The van der Waals surface area contributed by atoms with Gasteiger partial charge in [0.2, 0.25) is 0 Å². The number of phosphoric ester groups is 2. The van der Waals surface area contributed by atoms with Crippen molar-refractivity contribution < 1.29 is 391 Å². The number of nitrogens with two attached hydrogens (primary N) is 1. The summed E-state index contributed by atoms with van der Waals surface area (Å²) in [7, 11) is -22.4. The minimum atomic E-state index is -6.15. The molecule has 6 aromatic rings. The summed E-state index contributed by atoms with van der Waals surface area (Å²) in [6.45, 7) is 9.12. The minimum Gasteiger partial charge on any atom is -0.790 e. The third-order valence-corrected chi connectivity index (χ3v) is 27.4. The molecule has 23 atom stereocenters. The number of fused-ring (bicyclic) bond motifs is 1. The van der Waals surface area contributed by atoms with Crippen molar-refractivity contribution in [2.24, 2.45) is 23.5 Å². The molecule has 12 rings (SSSR count). The molecule has 5 saturated heterocycles. The van der Waals surface area contributed by atoms with Crippen LogP contribution in [0.15, 0.2) is 127 Å². The van der Waals surface area contributed by atoms with E-state index in [0.717, 1.165) is 92.6 Å². The van der Waals surface area contributed by atoms with Crippen molar-refractivity contribution in [2.75, 3.05) is 32.8 Å². The Morgan fingerprint density at radius 2 is 0.801 bits per heavy atom. The molecule has 794 valence electrons. The number of amides is 4. The first-order chi connectivity index (χ1) is 65.1. The molecule has 5 aromatic heterocycles. The summed E-state index contributed by atoms with van der Waals surface area (Å²) in [6, 6.07) is 8.36. The van der Waals surface area contributed by atoms with Crippen molar-refractivity contribution in [1.29, 1.82) is 0 Å². The van der Waals surface area contributed by atoms with Crippen LogP contribution in [0.4, 0.5) is 58.4 Å². The van der Waals surface area contributed by atoms with Crippen molar-refractivity contribution in [1.82, 2.24) is 69.0 Å². The van der Waals surface area contributed by atoms with Crippen LogP contribution in [0.5, 0.6) is 5.75 Å². The zero-order valence-corrected chi connectivity index (χ0v) is 94.8. The third kappa shape index (κ3) is 33.7. The molecular formula is C70H85ClF12K4N16O39P4. The first kappa shape index (κ1) is 136. The number of alkyl halides is 13. The Kier molecular flexibility index (Phi) is 49.9. The van der Waals surface area contributed by atoms with Crippen LogP contribution in [0, 0.1) is 27.9 Å². The summed E-state index contributed by atoms with van der Waals surface area (Å²) in [6.07, 6.45) is -29.6. The van der Waals surface area contributed by atoms with Gasteiger partial charge in [-0.2, -0.15) is 52.7 Å². The summed E-state index contributed by atoms with van der Waals surface area (Å²) in [4.78, 5) is 225. The van der Waals surface area contributed by atoms with Gasteiger partial charge in [0, 0.05) is 103 Å². The summed E-state index contributed by atoms with van der Waals surface area (Å²) < 4.78 is 257. The van der Waals surface area contributed by atoms with E-state index in [1.54, 1.807) is 19.2 Å². The molecule has 0 aliphatic carbocycles. The number of ether oxygens (including phenoxy) is 5. The van der Waals surface area contributed by atoms with Crippen molar-refractivity contribution in [3.8, 4) is 5.75 Å². The molecule has 0 radical (unpaired) electrons. The third-order valence-electron chi connectivity index (χ3n) is 22.4. The van der Waals surface area contributed by atoms with E-state index in [4.69, 9.17) is 43.0 Å². The van der Waals surface area contributed by atoms with E-state index in [9.17, 15) is 188 Å². The number of nitrogens with one attached hydrogen (secondary N) is 9. The maximum Gasteiger partial charge on any atom is 1.00 e. The SMILES string of the molecule is CC[C@H]1O[C@@H](n2ccc(=O)[nH]c2=O)[C@](C)(NC(=O)C(F)(F)F)[C@@H]1C.CCl.C[C@@H]1[C@@H](CO)O[C@@H](n2ccc(=O)[nH]c2=O)[C@]1(C)NC(=O)C(F)(F)F.C[C@@H]1[C@@H](COP2(=O)OCc3cc([N+](=O)[O-])ccc3O2)O[C@@H](n2ccc(=O)[nH]c2=O)[C@]1(C)NC(=O)C(F)(F)F.C[C@@]1(N)[C@H](O)[C@@H](COP(=O)([O-])OP(=O)([O-])OP(=O)([O-])[O-])O[C@H]1n1ccc(=O)[nH]c1=O.C[C@@]1(NC(=O)C(F)(F)F)[C@H](O)[C@@H](CO)O[C@H]1n1ccc(=O)[nH]c1=O.[K+].[K+].[K+].[K+]. The number of aliphatic hydroxyl groups excluding tert-OH is 4. The summed E-state index contributed by atoms with van der Waals surface area (Å²) >= 11 is 4.64. The van der Waals surface area contributed by atoms with Crippen molar-refractivity contribution in [3.05, 3.63) is 199 Å². The van der Waals surface area contributed by atoms with E-state index in [1.165, 1.54) is 60.1 Å². The monoisotopic (exact) mass is 2320 g/mol. The number of aromatic amines is 5. The van der Waals surface area contributed by atoms with Gasteiger partial charge < -0.3 is 104 Å². The number of hydrogen-bond acceptors (Lipinski definition) is 40. The average molecular weight is 2320 g/mol. The Labute approximate surface area is 982 Å². The van der Waals surface area contributed by atoms with Crippen LogP contribution in [-0.4, -0.2) is 225 Å². The van der Waals surface area contributed by atoms with Crippen LogP contribution in [0.2, 0.25) is 0 Å². The Bertz CT molecular complexity index is 6200. The largest absolute Gasteiger partial charge is 1.00 e. The number of halogens is 13. The van der Waals surface area contributed by atoms with Crippen LogP contribution in [-0.2, 0) is 89.9 Å². The fourth-order valence-electron chi connectivity index (χ4n) is 14.7. The number of benzene rings is 1. The maximum absolute atomic E-state index is 13.1. The minimum absolute atomic E-state index is 0.